The predicted octanol–water partition coefficient (Wildman–Crippen LogP) is 6.32. The zero-order valence-corrected chi connectivity index (χ0v) is 22.2. The van der Waals surface area contributed by atoms with E-state index in [-0.39, 0.29) is 41.4 Å². The number of carbonyl (C=O) groups excluding carboxylic acids is 2. The summed E-state index contributed by atoms with van der Waals surface area (Å²) in [5.41, 5.74) is 1.99. The molecule has 5 heteroatoms. The molecule has 0 spiro atoms. The summed E-state index contributed by atoms with van der Waals surface area (Å²) >= 11 is 0. The van der Waals surface area contributed by atoms with Crippen molar-refractivity contribution in [2.45, 2.75) is 60.3 Å². The van der Waals surface area contributed by atoms with Crippen molar-refractivity contribution in [2.24, 2.45) is 23.7 Å². The summed E-state index contributed by atoms with van der Waals surface area (Å²) in [6.07, 6.45) is 3.63. The first-order chi connectivity index (χ1) is 18.0. The molecule has 0 saturated heterocycles. The number of hydrogen-bond donors (Lipinski definition) is 0. The zero-order chi connectivity index (χ0) is 25.5. The zero-order valence-electron chi connectivity index (χ0n) is 21.4. The lowest BCUT2D eigenvalue weighted by molar-refractivity contribution is -0.177. The number of rotatable bonds is 7. The number of aryl methyl sites for hydroxylation is 2. The molecule has 37 heavy (non-hydrogen) atoms. The van der Waals surface area contributed by atoms with Crippen LogP contribution >= 0.6 is 0 Å². The topological polar surface area (TPSA) is 52.6 Å². The van der Waals surface area contributed by atoms with Gasteiger partial charge in [0.05, 0.1) is 16.8 Å². The van der Waals surface area contributed by atoms with Gasteiger partial charge in [-0.15, -0.1) is 0 Å². The molecule has 7 rings (SSSR count). The van der Waals surface area contributed by atoms with Gasteiger partial charge in [-0.05, 0) is 86.8 Å². The average molecular weight is 514 g/mol. The van der Waals surface area contributed by atoms with Crippen molar-refractivity contribution in [1.82, 2.24) is 0 Å². The van der Waals surface area contributed by atoms with Gasteiger partial charge in [0.15, 0.2) is 21.3 Å². The molecule has 5 atom stereocenters. The second-order valence-electron chi connectivity index (χ2n) is 10.8. The molecule has 0 N–H and O–H groups in total. The number of hydrogen-bond acceptors (Lipinski definition) is 4. The van der Waals surface area contributed by atoms with Gasteiger partial charge in [-0.25, -0.2) is 4.79 Å². The van der Waals surface area contributed by atoms with E-state index in [0.717, 1.165) is 42.6 Å². The number of ketones is 1. The van der Waals surface area contributed by atoms with Crippen LogP contribution in [0.4, 0.5) is 0 Å². The summed E-state index contributed by atoms with van der Waals surface area (Å²) in [4.78, 5) is 29.3. The van der Waals surface area contributed by atoms with Crippen LogP contribution in [0.3, 0.4) is 0 Å². The summed E-state index contributed by atoms with van der Waals surface area (Å²) in [6, 6.07) is 25.5. The fourth-order valence-corrected chi connectivity index (χ4v) is 9.12. The molecule has 0 amide bonds. The van der Waals surface area contributed by atoms with Crippen LogP contribution in [0.15, 0.2) is 87.5 Å². The molecule has 5 unspecified atom stereocenters. The monoisotopic (exact) mass is 513 g/mol. The van der Waals surface area contributed by atoms with Crippen LogP contribution in [0.25, 0.3) is 0 Å². The molecule has 4 aliphatic carbocycles. The van der Waals surface area contributed by atoms with Gasteiger partial charge < -0.3 is 9.47 Å². The lowest BCUT2D eigenvalue weighted by atomic mass is 9.54. The lowest BCUT2D eigenvalue weighted by Gasteiger charge is -2.52. The van der Waals surface area contributed by atoms with E-state index in [0.29, 0.717) is 17.6 Å². The highest BCUT2D eigenvalue weighted by Crippen LogP contribution is 2.53. The minimum atomic E-state index is -0.374. The highest BCUT2D eigenvalue weighted by Gasteiger charge is 2.54. The molecule has 0 heterocycles. The van der Waals surface area contributed by atoms with Crippen molar-refractivity contribution < 1.29 is 19.1 Å². The Labute approximate surface area is 221 Å². The first kappa shape index (κ1) is 24.3. The van der Waals surface area contributed by atoms with Crippen molar-refractivity contribution in [2.75, 3.05) is 6.61 Å². The molecule has 3 aromatic carbocycles. The third kappa shape index (κ3) is 4.70. The Balaban J connectivity index is 1.18. The van der Waals surface area contributed by atoms with Crippen LogP contribution in [0.2, 0.25) is 0 Å². The maximum atomic E-state index is 12.8. The van der Waals surface area contributed by atoms with Crippen molar-refractivity contribution >= 4 is 22.6 Å². The third-order valence-electron chi connectivity index (χ3n) is 8.29. The fraction of sp³-hybridized carbons (Fsp3) is 0.375. The maximum Gasteiger partial charge on any atom is 0.344 e. The SMILES string of the molecule is Cc1cc([S+](c2ccccc2)c2ccccc2)cc(C)c1OCC(=O)OC1C2CC3CC(C2)C(=O)C1C3. The number of ether oxygens (including phenoxy) is 2. The third-order valence-corrected chi connectivity index (χ3v) is 10.5. The van der Waals surface area contributed by atoms with E-state index in [1.54, 1.807) is 0 Å². The smallest absolute Gasteiger partial charge is 0.344 e. The molecule has 4 saturated carbocycles. The molecular weight excluding hydrogens is 480 g/mol. The van der Waals surface area contributed by atoms with Crippen LogP contribution < -0.4 is 4.74 Å². The van der Waals surface area contributed by atoms with E-state index in [1.807, 2.05) is 26.0 Å². The second-order valence-corrected chi connectivity index (χ2v) is 12.9. The maximum absolute atomic E-state index is 12.8. The first-order valence-corrected chi connectivity index (χ1v) is 14.5. The largest absolute Gasteiger partial charge is 0.481 e. The molecular formula is C32H33O4S+. The van der Waals surface area contributed by atoms with Crippen molar-refractivity contribution in [1.29, 1.82) is 0 Å². The van der Waals surface area contributed by atoms with E-state index in [9.17, 15) is 9.59 Å². The second kappa shape index (κ2) is 10.0. The Hall–Kier alpha value is -3.05. The summed E-state index contributed by atoms with van der Waals surface area (Å²) in [6.45, 7) is 3.93. The van der Waals surface area contributed by atoms with Crippen LogP contribution in [0.1, 0.15) is 36.8 Å². The molecule has 0 radical (unpaired) electrons. The molecule has 190 valence electrons. The van der Waals surface area contributed by atoms with Crippen molar-refractivity contribution in [3.8, 4) is 5.75 Å². The van der Waals surface area contributed by atoms with E-state index in [2.05, 4.69) is 60.7 Å². The Morgan fingerprint density at radius 2 is 1.46 bits per heavy atom. The summed E-state index contributed by atoms with van der Waals surface area (Å²) < 4.78 is 11.9. The predicted molar refractivity (Wildman–Crippen MR) is 144 cm³/mol. The normalized spacial score (nSPS) is 25.9. The van der Waals surface area contributed by atoms with Crippen LogP contribution in [0.5, 0.6) is 5.75 Å². The van der Waals surface area contributed by atoms with Crippen LogP contribution in [-0.4, -0.2) is 24.5 Å². The summed E-state index contributed by atoms with van der Waals surface area (Å²) in [5.74, 6) is 1.75. The number of esters is 1. The van der Waals surface area contributed by atoms with Gasteiger partial charge >= 0.3 is 5.97 Å². The van der Waals surface area contributed by atoms with Gasteiger partial charge in [-0.3, -0.25) is 4.79 Å². The molecule has 0 aliphatic heterocycles. The van der Waals surface area contributed by atoms with Crippen LogP contribution in [-0.2, 0) is 25.2 Å². The Morgan fingerprint density at radius 1 is 0.838 bits per heavy atom. The minimum Gasteiger partial charge on any atom is -0.481 e. The first-order valence-electron chi connectivity index (χ1n) is 13.3. The Kier molecular flexibility index (Phi) is 6.58. The summed E-state index contributed by atoms with van der Waals surface area (Å²) in [7, 11) is -0.246. The van der Waals surface area contributed by atoms with Gasteiger partial charge in [-0.2, -0.15) is 0 Å². The van der Waals surface area contributed by atoms with Crippen molar-refractivity contribution in [3.63, 3.8) is 0 Å². The van der Waals surface area contributed by atoms with Gasteiger partial charge in [0.1, 0.15) is 17.6 Å². The lowest BCUT2D eigenvalue weighted by Crippen LogP contribution is -2.55. The molecule has 3 aromatic rings. The minimum absolute atomic E-state index is 0.100. The van der Waals surface area contributed by atoms with Crippen LogP contribution in [0, 0.1) is 37.5 Å². The highest BCUT2D eigenvalue weighted by atomic mass is 32.2. The molecule has 4 fully saturated rings. The number of Topliss-reactive ketones (excluding diaryl/α,β-unsaturated/α-hetero) is 1. The quantitative estimate of drug-likeness (QED) is 0.274. The Bertz CT molecular complexity index is 1240. The van der Waals surface area contributed by atoms with E-state index < -0.39 is 0 Å². The van der Waals surface area contributed by atoms with Gasteiger partial charge in [-0.1, -0.05) is 36.4 Å². The molecule has 4 aliphatic rings. The standard InChI is InChI=1S/C32H33O4S/c1-20-13-27(37(25-9-5-3-6-10-25)26-11-7-4-8-12-26)14-21(2)31(20)35-19-29(33)36-32-24-16-22-15-23(18-24)30(34)28(32)17-22/h3-14,22-24,28,32H,15-19H2,1-2H3/q+1. The Morgan fingerprint density at radius 3 is 2.08 bits per heavy atom. The molecule has 4 bridgehead atoms. The van der Waals surface area contributed by atoms with E-state index in [4.69, 9.17) is 9.47 Å². The van der Waals surface area contributed by atoms with E-state index in [1.165, 1.54) is 14.7 Å². The molecule has 0 aromatic heterocycles. The van der Waals surface area contributed by atoms with E-state index >= 15 is 0 Å². The highest BCUT2D eigenvalue weighted by molar-refractivity contribution is 7.97. The van der Waals surface area contributed by atoms with Gasteiger partial charge in [0, 0.05) is 18.1 Å². The number of carbonyl (C=O) groups is 2. The average Bonchev–Trinajstić information content (AvgIpc) is 2.90. The van der Waals surface area contributed by atoms with Gasteiger partial charge in [0.2, 0.25) is 0 Å². The molecule has 4 nitrogen and oxygen atoms in total. The van der Waals surface area contributed by atoms with Gasteiger partial charge in [0.25, 0.3) is 0 Å². The fourth-order valence-electron chi connectivity index (χ4n) is 6.85. The number of benzene rings is 3. The van der Waals surface area contributed by atoms with Crippen molar-refractivity contribution in [3.05, 3.63) is 83.9 Å². The summed E-state index contributed by atoms with van der Waals surface area (Å²) in [5, 5.41) is 0.